The van der Waals surface area contributed by atoms with Crippen LogP contribution in [0.3, 0.4) is 0 Å². The maximum Gasteiger partial charge on any atom is 0.322 e. The Labute approximate surface area is 150 Å². The average Bonchev–Trinajstić information content (AvgIpc) is 3.16. The number of anilines is 1. The molecule has 24 heavy (non-hydrogen) atoms. The first-order chi connectivity index (χ1) is 11.4. The van der Waals surface area contributed by atoms with Gasteiger partial charge in [0.1, 0.15) is 0 Å². The fourth-order valence-corrected chi connectivity index (χ4v) is 5.25. The van der Waals surface area contributed by atoms with Crippen molar-refractivity contribution in [2.75, 3.05) is 16.8 Å². The molecule has 1 N–H and O–H groups in total. The predicted octanol–water partition coefficient (Wildman–Crippen LogP) is 3.62. The zero-order chi connectivity index (χ0) is 17.2. The predicted molar refractivity (Wildman–Crippen MR) is 97.4 cm³/mol. The summed E-state index contributed by atoms with van der Waals surface area (Å²) in [5, 5.41) is 5.35. The van der Waals surface area contributed by atoms with E-state index in [1.54, 1.807) is 40.5 Å². The molecule has 2 heterocycles. The lowest BCUT2D eigenvalue weighted by Crippen LogP contribution is -2.42. The van der Waals surface area contributed by atoms with Gasteiger partial charge in [0, 0.05) is 21.6 Å². The van der Waals surface area contributed by atoms with Gasteiger partial charge in [0.05, 0.1) is 18.1 Å². The van der Waals surface area contributed by atoms with Gasteiger partial charge in [0.2, 0.25) is 0 Å². The molecule has 3 rings (SSSR count). The van der Waals surface area contributed by atoms with Crippen LogP contribution in [0, 0.1) is 0 Å². The van der Waals surface area contributed by atoms with Crippen LogP contribution in [0.15, 0.2) is 41.8 Å². The summed E-state index contributed by atoms with van der Waals surface area (Å²) < 4.78 is 23.6. The van der Waals surface area contributed by atoms with Crippen LogP contribution in [0.5, 0.6) is 0 Å². The van der Waals surface area contributed by atoms with E-state index in [0.29, 0.717) is 23.7 Å². The maximum absolute atomic E-state index is 12.7. The first kappa shape index (κ1) is 17.3. The molecule has 0 radical (unpaired) electrons. The molecule has 5 nitrogen and oxygen atoms in total. The Balaban J connectivity index is 1.78. The lowest BCUT2D eigenvalue weighted by atomic mass is 10.2. The molecule has 2 amide bonds. The van der Waals surface area contributed by atoms with Gasteiger partial charge in [-0.15, -0.1) is 11.3 Å². The van der Waals surface area contributed by atoms with Crippen LogP contribution in [0.2, 0.25) is 5.02 Å². The van der Waals surface area contributed by atoms with Crippen LogP contribution in [0.4, 0.5) is 10.5 Å². The van der Waals surface area contributed by atoms with E-state index in [1.807, 2.05) is 17.5 Å². The minimum Gasteiger partial charge on any atom is -0.315 e. The minimum absolute atomic E-state index is 0.0203. The number of carbonyl (C=O) groups excluding carboxylic acids is 1. The van der Waals surface area contributed by atoms with E-state index in [1.165, 1.54) is 0 Å². The molecule has 0 aliphatic carbocycles. The molecule has 0 unspecified atom stereocenters. The first-order valence-corrected chi connectivity index (χ1v) is 10.6. The van der Waals surface area contributed by atoms with Crippen molar-refractivity contribution in [3.63, 3.8) is 0 Å². The molecule has 0 bridgehead atoms. The first-order valence-electron chi connectivity index (χ1n) is 7.49. The van der Waals surface area contributed by atoms with Gasteiger partial charge < -0.3 is 10.2 Å². The molecule has 1 aliphatic rings. The van der Waals surface area contributed by atoms with E-state index in [0.717, 1.165) is 4.88 Å². The van der Waals surface area contributed by atoms with Crippen molar-refractivity contribution in [3.8, 4) is 0 Å². The minimum atomic E-state index is -3.07. The number of hydrogen-bond acceptors (Lipinski definition) is 4. The number of nitrogens with one attached hydrogen (secondary N) is 1. The molecule has 1 aromatic heterocycles. The lowest BCUT2D eigenvalue weighted by Gasteiger charge is -2.28. The van der Waals surface area contributed by atoms with Crippen LogP contribution in [-0.4, -0.2) is 36.9 Å². The van der Waals surface area contributed by atoms with Crippen molar-refractivity contribution < 1.29 is 13.2 Å². The van der Waals surface area contributed by atoms with Gasteiger partial charge >= 0.3 is 6.03 Å². The fourth-order valence-electron chi connectivity index (χ4n) is 2.69. The Morgan fingerprint density at radius 2 is 2.04 bits per heavy atom. The number of nitrogens with zero attached hydrogens (tertiary/aromatic N) is 1. The van der Waals surface area contributed by atoms with Gasteiger partial charge in [-0.05, 0) is 42.1 Å². The average molecular weight is 385 g/mol. The highest BCUT2D eigenvalue weighted by Crippen LogP contribution is 2.23. The molecular formula is C16H17ClN2O3S2. The van der Waals surface area contributed by atoms with Crippen molar-refractivity contribution in [1.82, 2.24) is 4.90 Å². The van der Waals surface area contributed by atoms with Gasteiger partial charge in [-0.1, -0.05) is 17.7 Å². The molecule has 1 saturated heterocycles. The number of benzene rings is 1. The number of rotatable bonds is 4. The smallest absolute Gasteiger partial charge is 0.315 e. The second-order valence-electron chi connectivity index (χ2n) is 5.70. The quantitative estimate of drug-likeness (QED) is 0.875. The molecule has 1 aliphatic heterocycles. The summed E-state index contributed by atoms with van der Waals surface area (Å²) in [6.45, 7) is 0.400. The zero-order valence-corrected chi connectivity index (χ0v) is 15.2. The van der Waals surface area contributed by atoms with Gasteiger partial charge in [-0.25, -0.2) is 13.2 Å². The van der Waals surface area contributed by atoms with E-state index in [4.69, 9.17) is 11.6 Å². The highest BCUT2D eigenvalue weighted by Gasteiger charge is 2.34. The number of halogens is 1. The van der Waals surface area contributed by atoms with Gasteiger partial charge in [-0.3, -0.25) is 0 Å². The summed E-state index contributed by atoms with van der Waals surface area (Å²) in [5.74, 6) is 0.152. The Hall–Kier alpha value is -1.57. The number of thiophene rings is 1. The zero-order valence-electron chi connectivity index (χ0n) is 12.8. The molecule has 1 aromatic carbocycles. The van der Waals surface area contributed by atoms with Gasteiger partial charge in [0.25, 0.3) is 0 Å². The topological polar surface area (TPSA) is 66.5 Å². The van der Waals surface area contributed by atoms with E-state index < -0.39 is 9.84 Å². The Morgan fingerprint density at radius 3 is 2.62 bits per heavy atom. The number of amides is 2. The maximum atomic E-state index is 12.7. The SMILES string of the molecule is O=C(Nc1ccc(Cl)cc1)N(Cc1cccs1)[C@H]1CCS(=O)(=O)C1. The summed E-state index contributed by atoms with van der Waals surface area (Å²) in [6, 6.07) is 10.1. The number of hydrogen-bond donors (Lipinski definition) is 1. The summed E-state index contributed by atoms with van der Waals surface area (Å²) in [5.41, 5.74) is 0.626. The lowest BCUT2D eigenvalue weighted by molar-refractivity contribution is 0.191. The molecule has 0 saturated carbocycles. The third-order valence-corrected chi connectivity index (χ3v) is 6.78. The monoisotopic (exact) mass is 384 g/mol. The Bertz CT molecular complexity index is 804. The van der Waals surface area contributed by atoms with Crippen LogP contribution in [0.25, 0.3) is 0 Å². The molecule has 0 spiro atoms. The number of urea groups is 1. The molecule has 2 aromatic rings. The van der Waals surface area contributed by atoms with Crippen LogP contribution >= 0.6 is 22.9 Å². The molecule has 128 valence electrons. The van der Waals surface area contributed by atoms with E-state index >= 15 is 0 Å². The van der Waals surface area contributed by atoms with Gasteiger partial charge in [0.15, 0.2) is 9.84 Å². The van der Waals surface area contributed by atoms with Gasteiger partial charge in [-0.2, -0.15) is 0 Å². The third kappa shape index (κ3) is 4.28. The van der Waals surface area contributed by atoms with E-state index in [2.05, 4.69) is 5.32 Å². The van der Waals surface area contributed by atoms with E-state index in [-0.39, 0.29) is 23.6 Å². The van der Waals surface area contributed by atoms with Crippen molar-refractivity contribution in [2.24, 2.45) is 0 Å². The fraction of sp³-hybridized carbons (Fsp3) is 0.312. The summed E-state index contributed by atoms with van der Waals surface area (Å²) in [7, 11) is -3.07. The molecule has 1 atom stereocenters. The van der Waals surface area contributed by atoms with Crippen molar-refractivity contribution in [2.45, 2.75) is 19.0 Å². The highest BCUT2D eigenvalue weighted by molar-refractivity contribution is 7.91. The summed E-state index contributed by atoms with van der Waals surface area (Å²) >= 11 is 7.40. The normalized spacial score (nSPS) is 19.1. The number of sulfone groups is 1. The second-order valence-corrected chi connectivity index (χ2v) is 9.40. The number of carbonyl (C=O) groups is 1. The highest BCUT2D eigenvalue weighted by atomic mass is 35.5. The van der Waals surface area contributed by atoms with Crippen LogP contribution < -0.4 is 5.32 Å². The molecule has 8 heteroatoms. The Morgan fingerprint density at radius 1 is 1.29 bits per heavy atom. The summed E-state index contributed by atoms with van der Waals surface area (Å²) in [6.07, 6.45) is 0.474. The molecular weight excluding hydrogens is 368 g/mol. The third-order valence-electron chi connectivity index (χ3n) is 3.91. The standard InChI is InChI=1S/C16H17ClN2O3S2/c17-12-3-5-13(6-4-12)18-16(20)19(10-15-2-1-8-23-15)14-7-9-24(21,22)11-14/h1-6,8,14H,7,9-11H2,(H,18,20)/t14-/m0/s1. The summed E-state index contributed by atoms with van der Waals surface area (Å²) in [4.78, 5) is 15.3. The van der Waals surface area contributed by atoms with Crippen LogP contribution in [-0.2, 0) is 16.4 Å². The largest absolute Gasteiger partial charge is 0.322 e. The second kappa shape index (κ2) is 7.13. The molecule has 1 fully saturated rings. The van der Waals surface area contributed by atoms with E-state index in [9.17, 15) is 13.2 Å². The van der Waals surface area contributed by atoms with Crippen molar-refractivity contribution in [3.05, 3.63) is 51.7 Å². The van der Waals surface area contributed by atoms with Crippen LogP contribution in [0.1, 0.15) is 11.3 Å². The van der Waals surface area contributed by atoms with Crippen molar-refractivity contribution in [1.29, 1.82) is 0 Å². The Kier molecular flexibility index (Phi) is 5.12. The van der Waals surface area contributed by atoms with Crippen molar-refractivity contribution >= 4 is 44.5 Å².